The van der Waals surface area contributed by atoms with Crippen LogP contribution in [0.15, 0.2) is 48.5 Å². The van der Waals surface area contributed by atoms with Gasteiger partial charge in [0.25, 0.3) is 0 Å². The molecule has 148 valence electrons. The number of hydrogen-bond donors (Lipinski definition) is 2. The summed E-state index contributed by atoms with van der Waals surface area (Å²) in [5.74, 6) is 1.51. The molecule has 2 N–H and O–H groups in total. The molecule has 4 rings (SSSR count). The molecule has 0 bridgehead atoms. The van der Waals surface area contributed by atoms with Gasteiger partial charge in [0.2, 0.25) is 0 Å². The van der Waals surface area contributed by atoms with Crippen molar-refractivity contribution in [2.24, 2.45) is 0 Å². The van der Waals surface area contributed by atoms with Crippen LogP contribution in [0.3, 0.4) is 0 Å². The number of amides is 2. The Morgan fingerprint density at radius 1 is 1.04 bits per heavy atom. The third-order valence-electron chi connectivity index (χ3n) is 5.44. The minimum atomic E-state index is -0.0676. The Morgan fingerprint density at radius 3 is 2.39 bits per heavy atom. The number of phenolic OH excluding ortho intramolecular Hbond substituents is 1. The largest absolute Gasteiger partial charge is 0.508 e. The number of benzene rings is 2. The van der Waals surface area contributed by atoms with E-state index in [0.29, 0.717) is 12.5 Å². The predicted octanol–water partition coefficient (Wildman–Crippen LogP) is 3.97. The smallest absolute Gasteiger partial charge is 0.321 e. The normalized spacial score (nSPS) is 20.1. The van der Waals surface area contributed by atoms with E-state index in [4.69, 9.17) is 9.47 Å². The van der Waals surface area contributed by atoms with Crippen molar-refractivity contribution >= 4 is 11.7 Å². The van der Waals surface area contributed by atoms with Crippen LogP contribution in [0, 0.1) is 0 Å². The second-order valence-corrected chi connectivity index (χ2v) is 7.41. The number of urea groups is 1. The highest BCUT2D eigenvalue weighted by atomic mass is 16.5. The number of likely N-dealkylation sites (tertiary alicyclic amines) is 1. The molecule has 0 radical (unpaired) electrons. The highest BCUT2D eigenvalue weighted by molar-refractivity contribution is 5.89. The van der Waals surface area contributed by atoms with Gasteiger partial charge in [0.15, 0.2) is 0 Å². The van der Waals surface area contributed by atoms with Crippen LogP contribution in [-0.4, -0.2) is 48.4 Å². The lowest BCUT2D eigenvalue weighted by Gasteiger charge is -2.32. The van der Waals surface area contributed by atoms with E-state index < -0.39 is 0 Å². The molecule has 2 aliphatic rings. The number of nitrogens with one attached hydrogen (secondary N) is 1. The van der Waals surface area contributed by atoms with Crippen LogP contribution in [-0.2, 0) is 4.74 Å². The summed E-state index contributed by atoms with van der Waals surface area (Å²) >= 11 is 0. The average molecular weight is 382 g/mol. The van der Waals surface area contributed by atoms with E-state index >= 15 is 0 Å². The topological polar surface area (TPSA) is 71.0 Å². The molecule has 2 aromatic rings. The molecule has 2 heterocycles. The van der Waals surface area contributed by atoms with Crippen molar-refractivity contribution in [1.29, 1.82) is 0 Å². The lowest BCUT2D eigenvalue weighted by atomic mass is 9.89. The van der Waals surface area contributed by atoms with E-state index in [9.17, 15) is 9.90 Å². The van der Waals surface area contributed by atoms with Crippen LogP contribution in [0.4, 0.5) is 10.5 Å². The lowest BCUT2D eigenvalue weighted by Crippen LogP contribution is -2.40. The molecular formula is C22H26N2O4. The Hall–Kier alpha value is -2.73. The molecule has 1 atom stereocenters. The van der Waals surface area contributed by atoms with Crippen molar-refractivity contribution in [1.82, 2.24) is 4.90 Å². The number of aromatic hydroxyl groups is 1. The van der Waals surface area contributed by atoms with Crippen LogP contribution in [0.1, 0.15) is 30.7 Å². The molecule has 2 amide bonds. The molecule has 0 unspecified atom stereocenters. The molecule has 0 aliphatic carbocycles. The van der Waals surface area contributed by atoms with Gasteiger partial charge in [0, 0.05) is 25.2 Å². The van der Waals surface area contributed by atoms with Gasteiger partial charge in [0.05, 0.1) is 13.2 Å². The van der Waals surface area contributed by atoms with E-state index in [-0.39, 0.29) is 17.9 Å². The van der Waals surface area contributed by atoms with Gasteiger partial charge in [-0.15, -0.1) is 0 Å². The van der Waals surface area contributed by atoms with Crippen LogP contribution in [0.2, 0.25) is 0 Å². The molecule has 6 nitrogen and oxygen atoms in total. The first-order valence-corrected chi connectivity index (χ1v) is 9.87. The van der Waals surface area contributed by atoms with Gasteiger partial charge in [-0.1, -0.05) is 12.1 Å². The Labute approximate surface area is 165 Å². The maximum absolute atomic E-state index is 12.6. The first-order chi connectivity index (χ1) is 13.7. The highest BCUT2D eigenvalue weighted by Gasteiger charge is 2.24. The molecule has 28 heavy (non-hydrogen) atoms. The fourth-order valence-electron chi connectivity index (χ4n) is 3.78. The standard InChI is InChI=1S/C22H26N2O4/c25-19-5-1-16(2-6-19)17-9-12-24(13-10-17)22(26)23-18-3-7-20(8-4-18)28-21-11-14-27-15-21/h1-8,17,21,25H,9-15H2,(H,23,26)/t21-/m0/s1. The number of piperidine rings is 1. The van der Waals surface area contributed by atoms with E-state index in [1.165, 1.54) is 5.56 Å². The second kappa shape index (κ2) is 8.52. The lowest BCUT2D eigenvalue weighted by molar-refractivity contribution is 0.141. The van der Waals surface area contributed by atoms with Gasteiger partial charge in [0.1, 0.15) is 17.6 Å². The number of rotatable bonds is 4. The summed E-state index contributed by atoms with van der Waals surface area (Å²) in [7, 11) is 0. The molecule has 0 aromatic heterocycles. The van der Waals surface area contributed by atoms with Gasteiger partial charge in [-0.25, -0.2) is 4.79 Å². The minimum Gasteiger partial charge on any atom is -0.508 e. The zero-order valence-corrected chi connectivity index (χ0v) is 15.8. The summed E-state index contributed by atoms with van der Waals surface area (Å²) in [5.41, 5.74) is 1.99. The summed E-state index contributed by atoms with van der Waals surface area (Å²) in [5, 5.41) is 12.4. The zero-order chi connectivity index (χ0) is 19.3. The van der Waals surface area contributed by atoms with Crippen LogP contribution in [0.5, 0.6) is 11.5 Å². The van der Waals surface area contributed by atoms with Crippen molar-refractivity contribution in [3.05, 3.63) is 54.1 Å². The van der Waals surface area contributed by atoms with Crippen molar-refractivity contribution in [2.75, 3.05) is 31.6 Å². The maximum Gasteiger partial charge on any atom is 0.321 e. The summed E-state index contributed by atoms with van der Waals surface area (Å²) in [6, 6.07) is 14.8. The third kappa shape index (κ3) is 4.57. The van der Waals surface area contributed by atoms with Gasteiger partial charge in [-0.2, -0.15) is 0 Å². The number of ether oxygens (including phenoxy) is 2. The van der Waals surface area contributed by atoms with E-state index in [1.54, 1.807) is 12.1 Å². The SMILES string of the molecule is O=C(Nc1ccc(O[C@H]2CCOC2)cc1)N1CCC(c2ccc(O)cc2)CC1. The number of carbonyl (C=O) groups excluding carboxylic acids is 1. The first kappa shape index (κ1) is 18.6. The van der Waals surface area contributed by atoms with Gasteiger partial charge in [-0.3, -0.25) is 0 Å². The Bertz CT molecular complexity index is 777. The Balaban J connectivity index is 1.26. The van der Waals surface area contributed by atoms with E-state index in [0.717, 1.165) is 50.4 Å². The maximum atomic E-state index is 12.6. The fourth-order valence-corrected chi connectivity index (χ4v) is 3.78. The van der Waals surface area contributed by atoms with Crippen molar-refractivity contribution < 1.29 is 19.4 Å². The number of nitrogens with zero attached hydrogens (tertiary/aromatic N) is 1. The van der Waals surface area contributed by atoms with Crippen LogP contribution >= 0.6 is 0 Å². The molecule has 2 aromatic carbocycles. The van der Waals surface area contributed by atoms with Gasteiger partial charge >= 0.3 is 6.03 Å². The molecule has 6 heteroatoms. The average Bonchev–Trinajstić information content (AvgIpc) is 3.23. The zero-order valence-electron chi connectivity index (χ0n) is 15.8. The van der Waals surface area contributed by atoms with Gasteiger partial charge < -0.3 is 24.8 Å². The van der Waals surface area contributed by atoms with Crippen molar-refractivity contribution in [3.8, 4) is 11.5 Å². The number of carbonyl (C=O) groups is 1. The predicted molar refractivity (Wildman–Crippen MR) is 107 cm³/mol. The summed E-state index contributed by atoms with van der Waals surface area (Å²) < 4.78 is 11.2. The Morgan fingerprint density at radius 2 is 1.75 bits per heavy atom. The minimum absolute atomic E-state index is 0.0676. The number of phenols is 1. The summed E-state index contributed by atoms with van der Waals surface area (Å²) in [6.45, 7) is 2.83. The van der Waals surface area contributed by atoms with Crippen LogP contribution < -0.4 is 10.1 Å². The molecular weight excluding hydrogens is 356 g/mol. The molecule has 2 fully saturated rings. The molecule has 2 aliphatic heterocycles. The third-order valence-corrected chi connectivity index (χ3v) is 5.44. The van der Waals surface area contributed by atoms with Gasteiger partial charge in [-0.05, 0) is 60.7 Å². The molecule has 0 saturated carbocycles. The molecule has 0 spiro atoms. The second-order valence-electron chi connectivity index (χ2n) is 7.41. The van der Waals surface area contributed by atoms with E-state index in [1.807, 2.05) is 41.3 Å². The van der Waals surface area contributed by atoms with Crippen molar-refractivity contribution in [3.63, 3.8) is 0 Å². The van der Waals surface area contributed by atoms with E-state index in [2.05, 4.69) is 5.32 Å². The Kier molecular flexibility index (Phi) is 5.67. The fraction of sp³-hybridized carbons (Fsp3) is 0.409. The molecule has 2 saturated heterocycles. The summed E-state index contributed by atoms with van der Waals surface area (Å²) in [4.78, 5) is 14.4. The number of anilines is 1. The monoisotopic (exact) mass is 382 g/mol. The first-order valence-electron chi connectivity index (χ1n) is 9.87. The van der Waals surface area contributed by atoms with Crippen molar-refractivity contribution in [2.45, 2.75) is 31.3 Å². The number of hydrogen-bond acceptors (Lipinski definition) is 4. The highest BCUT2D eigenvalue weighted by Crippen LogP contribution is 2.29. The quantitative estimate of drug-likeness (QED) is 0.839. The van der Waals surface area contributed by atoms with Crippen LogP contribution in [0.25, 0.3) is 0 Å². The summed E-state index contributed by atoms with van der Waals surface area (Å²) in [6.07, 6.45) is 2.89.